The van der Waals surface area contributed by atoms with Crippen LogP contribution in [-0.2, 0) is 9.59 Å². The number of hydrogen-bond donors (Lipinski definition) is 2. The van der Waals surface area contributed by atoms with Crippen LogP contribution in [0, 0.1) is 11.3 Å². The number of hydrogen-bond acceptors (Lipinski definition) is 3. The fourth-order valence-corrected chi connectivity index (χ4v) is 3.63. The first-order chi connectivity index (χ1) is 9.93. The molecule has 0 aromatic rings. The van der Waals surface area contributed by atoms with Crippen molar-refractivity contribution in [2.24, 2.45) is 11.3 Å². The number of carboxylic acid groups (broad SMARTS) is 1. The van der Waals surface area contributed by atoms with Crippen molar-refractivity contribution >= 4 is 11.9 Å². The van der Waals surface area contributed by atoms with E-state index in [9.17, 15) is 19.8 Å². The van der Waals surface area contributed by atoms with Gasteiger partial charge in [-0.05, 0) is 31.6 Å². The van der Waals surface area contributed by atoms with Crippen LogP contribution in [0.15, 0.2) is 0 Å². The van der Waals surface area contributed by atoms with Crippen LogP contribution in [0.4, 0.5) is 0 Å². The maximum atomic E-state index is 12.4. The van der Waals surface area contributed by atoms with Crippen molar-refractivity contribution in [2.45, 2.75) is 63.9 Å². The number of carboxylic acids is 1. The molecule has 0 spiro atoms. The summed E-state index contributed by atoms with van der Waals surface area (Å²) < 4.78 is 0. The molecule has 2 fully saturated rings. The molecular weight excluding hydrogens is 270 g/mol. The third kappa shape index (κ3) is 3.96. The lowest BCUT2D eigenvalue weighted by atomic mass is 9.77. The van der Waals surface area contributed by atoms with Gasteiger partial charge in [0.1, 0.15) is 0 Å². The van der Waals surface area contributed by atoms with Crippen molar-refractivity contribution in [3.63, 3.8) is 0 Å². The van der Waals surface area contributed by atoms with Crippen molar-refractivity contribution in [1.29, 1.82) is 0 Å². The summed E-state index contributed by atoms with van der Waals surface area (Å²) in [7, 11) is 1.75. The summed E-state index contributed by atoms with van der Waals surface area (Å²) in [6.07, 6.45) is 6.57. The Morgan fingerprint density at radius 2 is 1.71 bits per heavy atom. The third-order valence-corrected chi connectivity index (χ3v) is 5.17. The van der Waals surface area contributed by atoms with Crippen molar-refractivity contribution in [3.05, 3.63) is 0 Å². The smallest absolute Gasteiger partial charge is 0.310 e. The quantitative estimate of drug-likeness (QED) is 0.761. The Hall–Kier alpha value is -1.10. The molecule has 1 amide bonds. The molecule has 2 N–H and O–H groups in total. The second-order valence-electron chi connectivity index (χ2n) is 6.94. The van der Waals surface area contributed by atoms with E-state index in [1.807, 2.05) is 0 Å². The maximum absolute atomic E-state index is 12.4. The van der Waals surface area contributed by atoms with Crippen LogP contribution in [0.5, 0.6) is 0 Å². The van der Waals surface area contributed by atoms with Crippen LogP contribution in [0.3, 0.4) is 0 Å². The molecule has 0 radical (unpaired) electrons. The highest BCUT2D eigenvalue weighted by Crippen LogP contribution is 2.39. The molecule has 0 aliphatic heterocycles. The van der Waals surface area contributed by atoms with Gasteiger partial charge in [-0.25, -0.2) is 0 Å². The standard InChI is InChI=1S/C16H27NO4/c1-17(11-12-8-13(18)9-12)14(19)10-16(15(20)21)6-4-2-3-5-7-16/h12-13,18H,2-11H2,1H3,(H,20,21). The molecule has 2 aliphatic carbocycles. The number of amides is 1. The minimum Gasteiger partial charge on any atom is -0.481 e. The zero-order chi connectivity index (χ0) is 15.5. The Labute approximate surface area is 126 Å². The van der Waals surface area contributed by atoms with Crippen molar-refractivity contribution < 1.29 is 19.8 Å². The summed E-state index contributed by atoms with van der Waals surface area (Å²) in [6.45, 7) is 0.631. The normalized spacial score (nSPS) is 28.3. The van der Waals surface area contributed by atoms with E-state index in [1.165, 1.54) is 0 Å². The largest absolute Gasteiger partial charge is 0.481 e. The fourth-order valence-electron chi connectivity index (χ4n) is 3.63. The molecule has 120 valence electrons. The summed E-state index contributed by atoms with van der Waals surface area (Å²) in [5.74, 6) is -0.519. The molecule has 0 bridgehead atoms. The average molecular weight is 297 g/mol. The summed E-state index contributed by atoms with van der Waals surface area (Å²) in [6, 6.07) is 0. The lowest BCUT2D eigenvalue weighted by molar-refractivity contribution is -0.154. The molecule has 0 unspecified atom stereocenters. The Morgan fingerprint density at radius 3 is 2.19 bits per heavy atom. The number of carbonyl (C=O) groups excluding carboxylic acids is 1. The van der Waals surface area contributed by atoms with Crippen LogP contribution in [-0.4, -0.2) is 46.7 Å². The first kappa shape index (κ1) is 16.3. The molecule has 2 aliphatic rings. The second kappa shape index (κ2) is 6.77. The Kier molecular flexibility index (Phi) is 5.25. The first-order valence-electron chi connectivity index (χ1n) is 8.08. The van der Waals surface area contributed by atoms with Crippen molar-refractivity contribution in [1.82, 2.24) is 4.90 Å². The Bertz CT molecular complexity index is 382. The lowest BCUT2D eigenvalue weighted by Gasteiger charge is -2.36. The number of rotatable bonds is 5. The first-order valence-corrected chi connectivity index (χ1v) is 8.08. The molecule has 21 heavy (non-hydrogen) atoms. The Balaban J connectivity index is 1.92. The van der Waals surface area contributed by atoms with E-state index in [2.05, 4.69) is 0 Å². The van der Waals surface area contributed by atoms with Gasteiger partial charge < -0.3 is 15.1 Å². The molecule has 2 saturated carbocycles. The van der Waals surface area contributed by atoms with Crippen molar-refractivity contribution in [2.75, 3.05) is 13.6 Å². The SMILES string of the molecule is CN(CC1CC(O)C1)C(=O)CC1(C(=O)O)CCCCCC1. The minimum absolute atomic E-state index is 0.0688. The Morgan fingerprint density at radius 1 is 1.14 bits per heavy atom. The molecule has 5 heteroatoms. The van der Waals surface area contributed by atoms with Gasteiger partial charge in [-0.3, -0.25) is 9.59 Å². The number of aliphatic hydroxyl groups is 1. The van der Waals surface area contributed by atoms with Crippen LogP contribution in [0.2, 0.25) is 0 Å². The highest BCUT2D eigenvalue weighted by molar-refractivity contribution is 5.85. The van der Waals surface area contributed by atoms with Gasteiger partial charge in [0.15, 0.2) is 0 Å². The predicted octanol–water partition coefficient (Wildman–Crippen LogP) is 2.03. The number of nitrogens with zero attached hydrogens (tertiary/aromatic N) is 1. The second-order valence-corrected chi connectivity index (χ2v) is 6.94. The van der Waals surface area contributed by atoms with Crippen LogP contribution in [0.25, 0.3) is 0 Å². The van der Waals surface area contributed by atoms with Gasteiger partial charge in [0, 0.05) is 20.0 Å². The molecular formula is C16H27NO4. The van der Waals surface area contributed by atoms with Gasteiger partial charge in [-0.2, -0.15) is 0 Å². The number of carbonyl (C=O) groups is 2. The van der Waals surface area contributed by atoms with Crippen LogP contribution >= 0.6 is 0 Å². The van der Waals surface area contributed by atoms with Gasteiger partial charge >= 0.3 is 5.97 Å². The van der Waals surface area contributed by atoms with E-state index < -0.39 is 11.4 Å². The zero-order valence-electron chi connectivity index (χ0n) is 12.9. The molecule has 0 atom stereocenters. The average Bonchev–Trinajstić information content (AvgIpc) is 2.63. The monoisotopic (exact) mass is 297 g/mol. The van der Waals surface area contributed by atoms with Crippen LogP contribution in [0.1, 0.15) is 57.8 Å². The van der Waals surface area contributed by atoms with E-state index in [1.54, 1.807) is 11.9 Å². The highest BCUT2D eigenvalue weighted by Gasteiger charge is 2.41. The summed E-state index contributed by atoms with van der Waals surface area (Å²) in [4.78, 5) is 25.8. The van der Waals surface area contributed by atoms with Gasteiger partial charge in [0.25, 0.3) is 0 Å². The van der Waals surface area contributed by atoms with Gasteiger partial charge in [0.05, 0.1) is 11.5 Å². The molecule has 0 aromatic heterocycles. The van der Waals surface area contributed by atoms with Gasteiger partial charge in [-0.1, -0.05) is 25.7 Å². The van der Waals surface area contributed by atoms with Gasteiger partial charge in [-0.15, -0.1) is 0 Å². The van der Waals surface area contributed by atoms with E-state index in [0.29, 0.717) is 25.3 Å². The fraction of sp³-hybridized carbons (Fsp3) is 0.875. The van der Waals surface area contributed by atoms with Crippen LogP contribution < -0.4 is 0 Å². The predicted molar refractivity (Wildman–Crippen MR) is 78.8 cm³/mol. The van der Waals surface area contributed by atoms with E-state index >= 15 is 0 Å². The maximum Gasteiger partial charge on any atom is 0.310 e. The topological polar surface area (TPSA) is 77.8 Å². The molecule has 0 saturated heterocycles. The van der Waals surface area contributed by atoms with E-state index in [0.717, 1.165) is 38.5 Å². The van der Waals surface area contributed by atoms with E-state index in [4.69, 9.17) is 0 Å². The third-order valence-electron chi connectivity index (χ3n) is 5.17. The minimum atomic E-state index is -0.860. The molecule has 0 heterocycles. The molecule has 5 nitrogen and oxygen atoms in total. The van der Waals surface area contributed by atoms with Gasteiger partial charge in [0.2, 0.25) is 5.91 Å². The van der Waals surface area contributed by atoms with Crippen molar-refractivity contribution in [3.8, 4) is 0 Å². The van der Waals surface area contributed by atoms with E-state index in [-0.39, 0.29) is 18.4 Å². The molecule has 2 rings (SSSR count). The molecule has 0 aromatic carbocycles. The number of aliphatic hydroxyl groups excluding tert-OH is 1. The summed E-state index contributed by atoms with van der Waals surface area (Å²) >= 11 is 0. The highest BCUT2D eigenvalue weighted by atomic mass is 16.4. The summed E-state index contributed by atoms with van der Waals surface area (Å²) in [5, 5.41) is 18.9. The summed E-state index contributed by atoms with van der Waals surface area (Å²) in [5.41, 5.74) is -0.860. The lowest BCUT2D eigenvalue weighted by Crippen LogP contribution is -2.42. The number of aliphatic carboxylic acids is 1. The zero-order valence-corrected chi connectivity index (χ0v) is 12.9.